The van der Waals surface area contributed by atoms with Crippen molar-refractivity contribution in [3.05, 3.63) is 43.4 Å². The maximum atomic E-state index is 13.6. The summed E-state index contributed by atoms with van der Waals surface area (Å²) in [5.41, 5.74) is 1.86. The smallest absolute Gasteiger partial charge is 0.394 e. The first-order valence-electron chi connectivity index (χ1n) is 11.4. The fourth-order valence-electron chi connectivity index (χ4n) is 5.56. The number of aliphatic hydroxyl groups is 3. The summed E-state index contributed by atoms with van der Waals surface area (Å²) in [6.07, 6.45) is 0.191. The van der Waals surface area contributed by atoms with E-state index in [9.17, 15) is 39.6 Å². The van der Waals surface area contributed by atoms with Crippen molar-refractivity contribution in [3.8, 4) is 5.75 Å². The minimum absolute atomic E-state index is 0.00484. The Kier molecular flexibility index (Phi) is 8.41. The van der Waals surface area contributed by atoms with Crippen LogP contribution in [0.1, 0.15) is 29.3 Å². The van der Waals surface area contributed by atoms with Crippen LogP contribution in [0.15, 0.2) is 28.7 Å². The molecule has 1 aromatic carbocycles. The number of likely N-dealkylation sites (N-methyl/N-ethyl adjacent to an activating group) is 1. The van der Waals surface area contributed by atoms with Gasteiger partial charge in [-0.05, 0) is 67.1 Å². The van der Waals surface area contributed by atoms with Crippen molar-refractivity contribution in [2.45, 2.75) is 31.4 Å². The zero-order valence-corrected chi connectivity index (χ0v) is 24.1. The number of fused-ring (bicyclic) bond motifs is 3. The number of rotatable bonds is 3. The van der Waals surface area contributed by atoms with Crippen molar-refractivity contribution in [1.82, 2.24) is 4.90 Å². The van der Waals surface area contributed by atoms with Gasteiger partial charge in [-0.15, -0.1) is 0 Å². The van der Waals surface area contributed by atoms with Crippen molar-refractivity contribution in [3.63, 3.8) is 0 Å². The lowest BCUT2D eigenvalue weighted by Gasteiger charge is -2.50. The molecule has 1 aromatic rings. The third kappa shape index (κ3) is 5.31. The predicted molar refractivity (Wildman–Crippen MR) is 145 cm³/mol. The lowest BCUT2D eigenvalue weighted by molar-refractivity contribution is -0.148. The number of carbonyl (C=O) groups excluding carboxylic acids is 4. The van der Waals surface area contributed by atoms with Gasteiger partial charge in [0.1, 0.15) is 17.1 Å². The minimum Gasteiger partial charge on any atom is -0.510 e. The van der Waals surface area contributed by atoms with E-state index in [0.29, 0.717) is 9.13 Å². The molecule has 4 rings (SSSR count). The van der Waals surface area contributed by atoms with Crippen molar-refractivity contribution in [2.75, 3.05) is 19.4 Å². The van der Waals surface area contributed by atoms with Gasteiger partial charge in [-0.2, -0.15) is 8.42 Å². The number of anilines is 1. The van der Waals surface area contributed by atoms with E-state index in [-0.39, 0.29) is 29.7 Å². The number of aromatic hydroxyl groups is 1. The molecule has 0 bridgehead atoms. The summed E-state index contributed by atoms with van der Waals surface area (Å²) in [6, 6.07) is 0.479. The van der Waals surface area contributed by atoms with E-state index in [1.165, 1.54) is 17.9 Å². The molecule has 15 nitrogen and oxygen atoms in total. The van der Waals surface area contributed by atoms with Gasteiger partial charge in [0.2, 0.25) is 11.7 Å². The second-order valence-electron chi connectivity index (χ2n) is 9.70. The third-order valence-corrected chi connectivity index (χ3v) is 7.94. The second-order valence-corrected chi connectivity index (χ2v) is 11.8. The zero-order valence-electron chi connectivity index (χ0n) is 21.2. The summed E-state index contributed by atoms with van der Waals surface area (Å²) in [6.45, 7) is 1.24. The molecular weight excluding hydrogens is 669 g/mol. The molecule has 0 radical (unpaired) electrons. The molecule has 218 valence electrons. The van der Waals surface area contributed by atoms with E-state index in [4.69, 9.17) is 23.3 Å². The van der Waals surface area contributed by atoms with Crippen molar-refractivity contribution in [1.29, 1.82) is 0 Å². The van der Waals surface area contributed by atoms with E-state index >= 15 is 0 Å². The molecule has 40 heavy (non-hydrogen) atoms. The lowest BCUT2D eigenvalue weighted by atomic mass is 9.58. The number of phenols is 1. The number of aliphatic hydroxyl groups excluding tert-OH is 2. The van der Waals surface area contributed by atoms with E-state index in [1.807, 2.05) is 22.6 Å². The van der Waals surface area contributed by atoms with Crippen LogP contribution in [0, 0.1) is 15.4 Å². The summed E-state index contributed by atoms with van der Waals surface area (Å²) in [5, 5.41) is 46.8. The molecule has 0 saturated heterocycles. The summed E-state index contributed by atoms with van der Waals surface area (Å²) < 4.78 is 32.2. The summed E-state index contributed by atoms with van der Waals surface area (Å²) >= 11 is 1.98. The monoisotopic (exact) mass is 695 g/mol. The molecule has 0 heterocycles. The predicted octanol–water partition coefficient (Wildman–Crippen LogP) is 0.0308. The second kappa shape index (κ2) is 10.7. The average molecular weight is 695 g/mol. The van der Waals surface area contributed by atoms with E-state index in [1.54, 1.807) is 14.1 Å². The van der Waals surface area contributed by atoms with Gasteiger partial charge in [0, 0.05) is 22.0 Å². The number of ketones is 2. The standard InChI is InChI=1S/C23H24IN3O8.H2O4S/c1-7(28)26-12-6-11(24)9-4-8-5-10-16(27(2)3)19(31)15(22(25)34)21(33)23(10,35)20(32)13(8)18(30)14(9)17(12)29;1-5(2,3)4/h6,8,10,16,29,31-32,35H,4-5H2,1-3H3,(H2,25,34)(H,26,28);(H2,1,2,3,4)/t8?,10?,16-,23-;/m0./s1. The van der Waals surface area contributed by atoms with E-state index in [2.05, 4.69) is 5.32 Å². The molecule has 0 saturated carbocycles. The van der Waals surface area contributed by atoms with Crippen molar-refractivity contribution < 1.29 is 57.1 Å². The Morgan fingerprint density at radius 2 is 1.73 bits per heavy atom. The normalized spacial score (nSPS) is 25.9. The fraction of sp³-hybridized carbons (Fsp3) is 0.391. The molecule has 3 aliphatic carbocycles. The SMILES string of the molecule is CC(=O)Nc1cc(I)c2c(c1O)C(=O)C1=C(O)[C@]3(O)C(=O)C(C(N)=O)=C(O)[C@@H](N(C)C)C3CC1C2.O=S(=O)(O)O. The minimum atomic E-state index is -4.67. The Morgan fingerprint density at radius 3 is 2.20 bits per heavy atom. The van der Waals surface area contributed by atoms with Crippen molar-refractivity contribution >= 4 is 62.1 Å². The largest absolute Gasteiger partial charge is 0.510 e. The number of benzene rings is 1. The number of hydrogen-bond acceptors (Lipinski definition) is 11. The maximum Gasteiger partial charge on any atom is 0.394 e. The highest BCUT2D eigenvalue weighted by molar-refractivity contribution is 14.1. The Morgan fingerprint density at radius 1 is 1.18 bits per heavy atom. The molecule has 0 aromatic heterocycles. The number of phenolic OH excluding ortho intramolecular Hbond substituents is 1. The molecule has 0 aliphatic heterocycles. The summed E-state index contributed by atoms with van der Waals surface area (Å²) in [7, 11) is -1.53. The number of nitrogens with zero attached hydrogens (tertiary/aromatic N) is 1. The topological polar surface area (TPSA) is 265 Å². The highest BCUT2D eigenvalue weighted by Gasteiger charge is 2.63. The Bertz CT molecular complexity index is 1510. The molecule has 17 heteroatoms. The number of halogens is 1. The summed E-state index contributed by atoms with van der Waals surface area (Å²) in [5.74, 6) is -7.63. The van der Waals surface area contributed by atoms with E-state index < -0.39 is 80.1 Å². The van der Waals surface area contributed by atoms with Gasteiger partial charge in [0.25, 0.3) is 5.91 Å². The molecular formula is C23H26IN3O12S. The van der Waals surface area contributed by atoms with Crippen LogP contribution in [0.25, 0.3) is 0 Å². The van der Waals surface area contributed by atoms with Gasteiger partial charge in [-0.3, -0.25) is 33.2 Å². The quantitative estimate of drug-likeness (QED) is 0.0899. The first-order chi connectivity index (χ1) is 18.2. The molecule has 0 spiro atoms. The van der Waals surface area contributed by atoms with Gasteiger partial charge < -0.3 is 31.5 Å². The molecule has 4 atom stereocenters. The number of carbonyl (C=O) groups is 4. The van der Waals surface area contributed by atoms with E-state index in [0.717, 1.165) is 0 Å². The Hall–Kier alpha value is -3.10. The number of allylic oxidation sites excluding steroid dienone is 1. The first-order valence-corrected chi connectivity index (χ1v) is 13.9. The third-order valence-electron chi connectivity index (χ3n) is 6.98. The Balaban J connectivity index is 0.000000810. The highest BCUT2D eigenvalue weighted by atomic mass is 127. The first kappa shape index (κ1) is 31.4. The number of primary amides is 1. The van der Waals surface area contributed by atoms with Gasteiger partial charge in [-0.25, -0.2) is 0 Å². The van der Waals surface area contributed by atoms with Crippen LogP contribution in [0.3, 0.4) is 0 Å². The van der Waals surface area contributed by atoms with Crippen molar-refractivity contribution in [2.24, 2.45) is 17.6 Å². The van der Waals surface area contributed by atoms with Crippen LogP contribution in [-0.2, 0) is 31.2 Å². The van der Waals surface area contributed by atoms with Gasteiger partial charge >= 0.3 is 10.4 Å². The number of hydrogen-bond donors (Lipinski definition) is 8. The number of Topliss-reactive ketones (excluding diaryl/α,β-unsaturated/α-hetero) is 2. The Labute approximate surface area is 241 Å². The van der Waals surface area contributed by atoms with Gasteiger partial charge in [0.05, 0.1) is 17.3 Å². The van der Waals surface area contributed by atoms with Crippen LogP contribution in [-0.4, -0.2) is 92.0 Å². The van der Waals surface area contributed by atoms with Crippen LogP contribution >= 0.6 is 22.6 Å². The zero-order chi connectivity index (χ0) is 30.6. The molecule has 2 amide bonds. The van der Waals surface area contributed by atoms with Crippen LogP contribution in [0.5, 0.6) is 5.75 Å². The molecule has 9 N–H and O–H groups in total. The summed E-state index contributed by atoms with van der Waals surface area (Å²) in [4.78, 5) is 51.9. The van der Waals surface area contributed by atoms with Crippen LogP contribution < -0.4 is 11.1 Å². The number of nitrogens with one attached hydrogen (secondary N) is 1. The molecule has 0 fully saturated rings. The highest BCUT2D eigenvalue weighted by Crippen LogP contribution is 2.53. The lowest BCUT2D eigenvalue weighted by Crippen LogP contribution is -2.63. The van der Waals surface area contributed by atoms with Gasteiger partial charge in [0.15, 0.2) is 17.1 Å². The van der Waals surface area contributed by atoms with Gasteiger partial charge in [-0.1, -0.05) is 0 Å². The molecule has 3 aliphatic rings. The molecule has 2 unspecified atom stereocenters. The maximum absolute atomic E-state index is 13.6. The van der Waals surface area contributed by atoms with Crippen LogP contribution in [0.4, 0.5) is 5.69 Å². The average Bonchev–Trinajstić information content (AvgIpc) is 2.77. The number of amides is 2. The van der Waals surface area contributed by atoms with Crippen LogP contribution in [0.2, 0.25) is 0 Å². The number of nitrogens with two attached hydrogens (primary N) is 1. The fourth-order valence-corrected chi connectivity index (χ4v) is 6.36.